The third-order valence-corrected chi connectivity index (χ3v) is 2.85. The number of nitrogens with one attached hydrogen (secondary N) is 1. The molecule has 3 N–H and O–H groups in total. The van der Waals surface area contributed by atoms with E-state index in [4.69, 9.17) is 10.5 Å². The second-order valence-electron chi connectivity index (χ2n) is 4.19. The van der Waals surface area contributed by atoms with Gasteiger partial charge in [0.15, 0.2) is 5.75 Å². The summed E-state index contributed by atoms with van der Waals surface area (Å²) in [5.41, 5.74) is 6.46. The molecule has 0 saturated carbocycles. The molecule has 0 fully saturated rings. The third kappa shape index (κ3) is 3.08. The summed E-state index contributed by atoms with van der Waals surface area (Å²) in [6, 6.07) is 10.7. The van der Waals surface area contributed by atoms with Crippen molar-refractivity contribution in [2.75, 3.05) is 18.2 Å². The van der Waals surface area contributed by atoms with Crippen LogP contribution in [0.5, 0.6) is 5.75 Å². The van der Waals surface area contributed by atoms with Gasteiger partial charge < -0.3 is 15.8 Å². The fourth-order valence-electron chi connectivity index (χ4n) is 1.78. The molecule has 0 saturated heterocycles. The molecule has 0 aliphatic rings. The number of carbonyl (C=O) groups excluding carboxylic acids is 1. The number of anilines is 2. The predicted molar refractivity (Wildman–Crippen MR) is 78.5 cm³/mol. The lowest BCUT2D eigenvalue weighted by molar-refractivity contribution is -0.385. The number of rotatable bonds is 4. The van der Waals surface area contributed by atoms with E-state index in [0.717, 1.165) is 6.07 Å². The van der Waals surface area contributed by atoms with Gasteiger partial charge >= 0.3 is 5.69 Å². The Morgan fingerprint density at radius 1 is 1.29 bits per heavy atom. The molecule has 0 aromatic heterocycles. The van der Waals surface area contributed by atoms with E-state index in [9.17, 15) is 14.9 Å². The molecule has 1 amide bonds. The van der Waals surface area contributed by atoms with Crippen LogP contribution in [0.25, 0.3) is 0 Å². The molecule has 2 aromatic carbocycles. The molecule has 0 aliphatic carbocycles. The molecule has 7 nitrogen and oxygen atoms in total. The van der Waals surface area contributed by atoms with E-state index in [1.165, 1.54) is 19.2 Å². The van der Waals surface area contributed by atoms with Crippen LogP contribution < -0.4 is 15.8 Å². The standard InChI is InChI=1S/C14H13N3O4/c1-21-13-7-6-9(8-12(13)17(19)20)14(18)16-11-5-3-2-4-10(11)15/h2-8H,15H2,1H3,(H,16,18). The van der Waals surface area contributed by atoms with Gasteiger partial charge in [-0.05, 0) is 24.3 Å². The van der Waals surface area contributed by atoms with Gasteiger partial charge in [-0.25, -0.2) is 0 Å². The Balaban J connectivity index is 2.30. The molecule has 0 atom stereocenters. The molecular formula is C14H13N3O4. The van der Waals surface area contributed by atoms with Gasteiger partial charge in [0, 0.05) is 11.6 Å². The average molecular weight is 287 g/mol. The molecular weight excluding hydrogens is 274 g/mol. The molecule has 2 aromatic rings. The Labute approximate surface area is 120 Å². The number of benzene rings is 2. The Hall–Kier alpha value is -3.09. The lowest BCUT2D eigenvalue weighted by Gasteiger charge is -2.08. The van der Waals surface area contributed by atoms with E-state index < -0.39 is 10.8 Å². The number of carbonyl (C=O) groups is 1. The van der Waals surface area contributed by atoms with Crippen LogP contribution in [-0.4, -0.2) is 17.9 Å². The Kier molecular flexibility index (Phi) is 4.03. The zero-order chi connectivity index (χ0) is 15.4. The molecule has 0 bridgehead atoms. The summed E-state index contributed by atoms with van der Waals surface area (Å²) in [6.07, 6.45) is 0. The third-order valence-electron chi connectivity index (χ3n) is 2.85. The van der Waals surface area contributed by atoms with Crippen molar-refractivity contribution >= 4 is 23.0 Å². The van der Waals surface area contributed by atoms with E-state index in [1.54, 1.807) is 24.3 Å². The highest BCUT2D eigenvalue weighted by Gasteiger charge is 2.18. The van der Waals surface area contributed by atoms with Gasteiger partial charge in [-0.1, -0.05) is 12.1 Å². The maximum atomic E-state index is 12.1. The van der Waals surface area contributed by atoms with E-state index in [2.05, 4.69) is 5.32 Å². The summed E-state index contributed by atoms with van der Waals surface area (Å²) in [6.45, 7) is 0. The number of nitrogens with zero attached hydrogens (tertiary/aromatic N) is 1. The monoisotopic (exact) mass is 287 g/mol. The van der Waals surface area contributed by atoms with E-state index in [-0.39, 0.29) is 17.0 Å². The highest BCUT2D eigenvalue weighted by molar-refractivity contribution is 6.06. The molecule has 0 spiro atoms. The summed E-state index contributed by atoms with van der Waals surface area (Å²) < 4.78 is 4.89. The number of nitro groups is 1. The summed E-state index contributed by atoms with van der Waals surface area (Å²) in [7, 11) is 1.33. The second kappa shape index (κ2) is 5.91. The number of hydrogen-bond acceptors (Lipinski definition) is 5. The minimum atomic E-state index is -0.605. The van der Waals surface area contributed by atoms with Gasteiger partial charge in [0.1, 0.15) is 0 Å². The summed E-state index contributed by atoms with van der Waals surface area (Å²) in [5.74, 6) is -0.394. The van der Waals surface area contributed by atoms with Crippen molar-refractivity contribution in [3.05, 3.63) is 58.1 Å². The normalized spacial score (nSPS) is 9.95. The first-order valence-electron chi connectivity index (χ1n) is 6.01. The van der Waals surface area contributed by atoms with Crippen LogP contribution in [0.4, 0.5) is 17.1 Å². The molecule has 0 heterocycles. The summed E-state index contributed by atoms with van der Waals surface area (Å²) >= 11 is 0. The van der Waals surface area contributed by atoms with E-state index in [1.807, 2.05) is 0 Å². The van der Waals surface area contributed by atoms with Crippen molar-refractivity contribution in [2.24, 2.45) is 0 Å². The highest BCUT2D eigenvalue weighted by Crippen LogP contribution is 2.28. The lowest BCUT2D eigenvalue weighted by Crippen LogP contribution is -2.13. The first kappa shape index (κ1) is 14.3. The first-order chi connectivity index (χ1) is 10.0. The van der Waals surface area contributed by atoms with Crippen molar-refractivity contribution < 1.29 is 14.5 Å². The largest absolute Gasteiger partial charge is 0.490 e. The number of ether oxygens (including phenoxy) is 1. The Bertz CT molecular complexity index is 700. The molecule has 21 heavy (non-hydrogen) atoms. The van der Waals surface area contributed by atoms with Crippen LogP contribution in [0.2, 0.25) is 0 Å². The Morgan fingerprint density at radius 3 is 2.62 bits per heavy atom. The van der Waals surface area contributed by atoms with Gasteiger partial charge in [0.2, 0.25) is 0 Å². The van der Waals surface area contributed by atoms with Crippen molar-refractivity contribution in [1.29, 1.82) is 0 Å². The number of para-hydroxylation sites is 2. The number of nitro benzene ring substituents is 1. The molecule has 0 aliphatic heterocycles. The number of nitrogens with two attached hydrogens (primary N) is 1. The second-order valence-corrected chi connectivity index (χ2v) is 4.19. The van der Waals surface area contributed by atoms with E-state index in [0.29, 0.717) is 11.4 Å². The van der Waals surface area contributed by atoms with Crippen LogP contribution in [0.15, 0.2) is 42.5 Å². The van der Waals surface area contributed by atoms with Crippen LogP contribution in [0.1, 0.15) is 10.4 Å². The lowest BCUT2D eigenvalue weighted by atomic mass is 10.1. The molecule has 7 heteroatoms. The average Bonchev–Trinajstić information content (AvgIpc) is 2.48. The number of methoxy groups -OCH3 is 1. The van der Waals surface area contributed by atoms with Gasteiger partial charge in [-0.3, -0.25) is 14.9 Å². The minimum absolute atomic E-state index is 0.0933. The molecule has 0 radical (unpaired) electrons. The topological polar surface area (TPSA) is 107 Å². The van der Waals surface area contributed by atoms with Gasteiger partial charge in [-0.2, -0.15) is 0 Å². The zero-order valence-corrected chi connectivity index (χ0v) is 11.2. The van der Waals surface area contributed by atoms with Gasteiger partial charge in [0.25, 0.3) is 5.91 Å². The minimum Gasteiger partial charge on any atom is -0.490 e. The maximum absolute atomic E-state index is 12.1. The van der Waals surface area contributed by atoms with Crippen molar-refractivity contribution in [1.82, 2.24) is 0 Å². The zero-order valence-electron chi connectivity index (χ0n) is 11.2. The van der Waals surface area contributed by atoms with Crippen molar-refractivity contribution in [2.45, 2.75) is 0 Å². The number of amides is 1. The SMILES string of the molecule is COc1ccc(C(=O)Nc2ccccc2N)cc1[N+](=O)[O-]. The molecule has 0 unspecified atom stereocenters. The smallest absolute Gasteiger partial charge is 0.311 e. The van der Waals surface area contributed by atoms with Crippen molar-refractivity contribution in [3.8, 4) is 5.75 Å². The summed E-state index contributed by atoms with van der Waals surface area (Å²) in [4.78, 5) is 22.4. The van der Waals surface area contributed by atoms with E-state index >= 15 is 0 Å². The fourth-order valence-corrected chi connectivity index (χ4v) is 1.78. The quantitative estimate of drug-likeness (QED) is 0.510. The van der Waals surface area contributed by atoms with Crippen molar-refractivity contribution in [3.63, 3.8) is 0 Å². The predicted octanol–water partition coefficient (Wildman–Crippen LogP) is 2.44. The van der Waals surface area contributed by atoms with Crippen LogP contribution in [0.3, 0.4) is 0 Å². The van der Waals surface area contributed by atoms with Gasteiger partial charge in [0.05, 0.1) is 23.4 Å². The molecule has 2 rings (SSSR count). The summed E-state index contributed by atoms with van der Waals surface area (Å²) in [5, 5.41) is 13.5. The first-order valence-corrected chi connectivity index (χ1v) is 6.01. The number of nitrogen functional groups attached to an aromatic ring is 1. The van der Waals surface area contributed by atoms with Gasteiger partial charge in [-0.15, -0.1) is 0 Å². The van der Waals surface area contributed by atoms with Crippen LogP contribution >= 0.6 is 0 Å². The fraction of sp³-hybridized carbons (Fsp3) is 0.0714. The Morgan fingerprint density at radius 2 is 2.00 bits per heavy atom. The highest BCUT2D eigenvalue weighted by atomic mass is 16.6. The number of hydrogen-bond donors (Lipinski definition) is 2. The maximum Gasteiger partial charge on any atom is 0.311 e. The van der Waals surface area contributed by atoms with Crippen LogP contribution in [0, 0.1) is 10.1 Å². The molecule has 108 valence electrons. The van der Waals surface area contributed by atoms with Crippen LogP contribution in [-0.2, 0) is 0 Å².